The predicted octanol–water partition coefficient (Wildman–Crippen LogP) is 5.74. The van der Waals surface area contributed by atoms with Gasteiger partial charge >= 0.3 is 24.7 Å². The molecule has 16 heteroatoms. The second-order valence-corrected chi connectivity index (χ2v) is 9.02. The van der Waals surface area contributed by atoms with E-state index in [1.807, 2.05) is 0 Å². The van der Waals surface area contributed by atoms with Crippen LogP contribution in [-0.2, 0) is 18.9 Å². The van der Waals surface area contributed by atoms with Crippen LogP contribution in [0.5, 0.6) is 0 Å². The van der Waals surface area contributed by atoms with Gasteiger partial charge in [-0.3, -0.25) is 0 Å². The van der Waals surface area contributed by atoms with Gasteiger partial charge in [0.25, 0.3) is 11.2 Å². The molecule has 0 radical (unpaired) electrons. The van der Waals surface area contributed by atoms with Crippen molar-refractivity contribution < 1.29 is 71.6 Å². The van der Waals surface area contributed by atoms with Crippen molar-refractivity contribution >= 4 is 0 Å². The van der Waals surface area contributed by atoms with Crippen molar-refractivity contribution in [3.8, 4) is 0 Å². The fourth-order valence-corrected chi connectivity index (χ4v) is 4.56. The van der Waals surface area contributed by atoms with Gasteiger partial charge in [-0.2, -0.15) is 52.7 Å². The van der Waals surface area contributed by atoms with Gasteiger partial charge in [-0.15, -0.1) is 0 Å². The van der Waals surface area contributed by atoms with E-state index in [4.69, 9.17) is 0 Å². The van der Waals surface area contributed by atoms with E-state index >= 15 is 0 Å². The molecule has 4 atom stereocenters. The average Bonchev–Trinajstić information content (AvgIpc) is 3.56. The second kappa shape index (κ2) is 9.39. The molecular formula is C19H22F12O4. The van der Waals surface area contributed by atoms with Crippen LogP contribution in [0.15, 0.2) is 0 Å². The molecule has 4 unspecified atom stereocenters. The minimum atomic E-state index is -6.04. The summed E-state index contributed by atoms with van der Waals surface area (Å²) in [4.78, 5) is 0. The molecule has 0 aromatic heterocycles. The smallest absolute Gasteiger partial charge is 0.371 e. The van der Waals surface area contributed by atoms with Crippen LogP contribution in [0.3, 0.4) is 0 Å². The molecule has 2 aliphatic heterocycles. The number of rotatable bonds is 9. The van der Waals surface area contributed by atoms with E-state index in [-0.39, 0.29) is 13.2 Å². The summed E-state index contributed by atoms with van der Waals surface area (Å²) in [5.74, 6) is -4.28. The molecule has 0 aromatic rings. The normalized spacial score (nSPS) is 28.8. The van der Waals surface area contributed by atoms with Gasteiger partial charge in [0.2, 0.25) is 0 Å². The van der Waals surface area contributed by atoms with E-state index in [2.05, 4.69) is 18.9 Å². The quantitative estimate of drug-likeness (QED) is 0.276. The number of hydrogen-bond donors (Lipinski definition) is 0. The van der Waals surface area contributed by atoms with Gasteiger partial charge in [-0.1, -0.05) is 12.8 Å². The molecule has 3 aliphatic rings. The zero-order valence-corrected chi connectivity index (χ0v) is 17.8. The fourth-order valence-electron chi connectivity index (χ4n) is 4.56. The van der Waals surface area contributed by atoms with Crippen LogP contribution in [0.2, 0.25) is 0 Å². The van der Waals surface area contributed by atoms with E-state index in [0.717, 1.165) is 0 Å². The van der Waals surface area contributed by atoms with Crippen LogP contribution in [0.25, 0.3) is 0 Å². The van der Waals surface area contributed by atoms with Gasteiger partial charge in [0.05, 0.1) is 26.4 Å². The number of halogens is 12. The molecular weight excluding hydrogens is 520 g/mol. The Morgan fingerprint density at radius 3 is 1.49 bits per heavy atom. The molecule has 206 valence electrons. The summed E-state index contributed by atoms with van der Waals surface area (Å²) in [5, 5.41) is 0. The molecule has 2 heterocycles. The van der Waals surface area contributed by atoms with Crippen LogP contribution >= 0.6 is 0 Å². The van der Waals surface area contributed by atoms with Crippen LogP contribution < -0.4 is 0 Å². The summed E-state index contributed by atoms with van der Waals surface area (Å²) in [7, 11) is 0. The average molecular weight is 542 g/mol. The first-order valence-corrected chi connectivity index (χ1v) is 10.6. The first kappa shape index (κ1) is 28.6. The first-order chi connectivity index (χ1) is 15.8. The number of ether oxygens (including phenoxy) is 4. The molecule has 1 saturated carbocycles. The highest BCUT2D eigenvalue weighted by Crippen LogP contribution is 2.57. The van der Waals surface area contributed by atoms with Crippen molar-refractivity contribution in [2.45, 2.75) is 80.2 Å². The second-order valence-electron chi connectivity index (χ2n) is 9.02. The third-order valence-corrected chi connectivity index (χ3v) is 6.51. The summed E-state index contributed by atoms with van der Waals surface area (Å²) in [6, 6.07) is 0. The lowest BCUT2D eigenvalue weighted by atomic mass is 9.69. The van der Waals surface area contributed by atoms with E-state index in [9.17, 15) is 52.7 Å². The highest BCUT2D eigenvalue weighted by molar-refractivity contribution is 5.05. The summed E-state index contributed by atoms with van der Waals surface area (Å²) in [5.41, 5.74) is -9.55. The zero-order chi connectivity index (χ0) is 26.5. The van der Waals surface area contributed by atoms with Crippen molar-refractivity contribution in [2.24, 2.45) is 11.8 Å². The monoisotopic (exact) mass is 542 g/mol. The summed E-state index contributed by atoms with van der Waals surface area (Å²) in [6.45, 7) is -2.45. The Hall–Kier alpha value is -1.00. The van der Waals surface area contributed by atoms with Crippen LogP contribution in [-0.4, -0.2) is 74.5 Å². The predicted molar refractivity (Wildman–Crippen MR) is 91.1 cm³/mol. The van der Waals surface area contributed by atoms with Crippen molar-refractivity contribution in [3.63, 3.8) is 0 Å². The molecule has 0 amide bonds. The Morgan fingerprint density at radius 2 is 1.09 bits per heavy atom. The maximum atomic E-state index is 13.9. The number of alkyl halides is 12. The Kier molecular flexibility index (Phi) is 7.66. The summed E-state index contributed by atoms with van der Waals surface area (Å²) >= 11 is 0. The van der Waals surface area contributed by atoms with Crippen molar-refractivity contribution in [1.82, 2.24) is 0 Å². The molecule has 1 aliphatic carbocycles. The summed E-state index contributed by atoms with van der Waals surface area (Å²) in [6.07, 6.45) is -31.0. The van der Waals surface area contributed by atoms with Crippen LogP contribution in [0.4, 0.5) is 52.7 Å². The fraction of sp³-hybridized carbons (Fsp3) is 1.00. The van der Waals surface area contributed by atoms with Crippen molar-refractivity contribution in [3.05, 3.63) is 0 Å². The van der Waals surface area contributed by atoms with Gasteiger partial charge < -0.3 is 18.9 Å². The topological polar surface area (TPSA) is 43.5 Å². The maximum absolute atomic E-state index is 13.9. The van der Waals surface area contributed by atoms with Crippen LogP contribution in [0.1, 0.15) is 32.1 Å². The van der Waals surface area contributed by atoms with Crippen molar-refractivity contribution in [1.29, 1.82) is 0 Å². The molecule has 0 aromatic carbocycles. The lowest BCUT2D eigenvalue weighted by Crippen LogP contribution is -2.65. The minimum Gasteiger partial charge on any atom is -0.371 e. The van der Waals surface area contributed by atoms with Crippen LogP contribution in [0, 0.1) is 11.8 Å². The van der Waals surface area contributed by atoms with E-state index in [1.165, 1.54) is 0 Å². The third kappa shape index (κ3) is 5.79. The Morgan fingerprint density at radius 1 is 0.629 bits per heavy atom. The summed E-state index contributed by atoms with van der Waals surface area (Å²) < 4.78 is 184. The highest BCUT2D eigenvalue weighted by atomic mass is 19.4. The Labute approximate surface area is 191 Å². The van der Waals surface area contributed by atoms with E-state index < -0.39 is 105 Å². The zero-order valence-electron chi connectivity index (χ0n) is 17.8. The lowest BCUT2D eigenvalue weighted by molar-refractivity contribution is -0.403. The molecule has 4 nitrogen and oxygen atoms in total. The minimum absolute atomic E-state index is 0.138. The van der Waals surface area contributed by atoms with Gasteiger partial charge in [0, 0.05) is 5.92 Å². The molecule has 0 spiro atoms. The largest absolute Gasteiger partial charge is 0.426 e. The highest BCUT2D eigenvalue weighted by Gasteiger charge is 2.77. The Balaban J connectivity index is 1.91. The molecule has 0 N–H and O–H groups in total. The molecule has 3 rings (SSSR count). The third-order valence-electron chi connectivity index (χ3n) is 6.51. The molecule has 2 saturated heterocycles. The SMILES string of the molecule is FC(F)(F)C(CC1CCCC(C(OCC2CO2)(C(F)(F)F)C(F)(F)F)C1)(OCC1CO1)C(F)(F)F. The van der Waals surface area contributed by atoms with E-state index in [0.29, 0.717) is 0 Å². The molecule has 0 bridgehead atoms. The first-order valence-electron chi connectivity index (χ1n) is 10.6. The standard InChI is InChI=1S/C19H22F12O4/c20-16(21,22)14(17(23,24)25,34-8-12-6-32-12)5-10-2-1-3-11(4-10)15(18(26,27)28,19(29,30)31)35-9-13-7-33-13/h10-13H,1-9H2. The Bertz CT molecular complexity index is 693. The molecule has 35 heavy (non-hydrogen) atoms. The van der Waals surface area contributed by atoms with Crippen molar-refractivity contribution in [2.75, 3.05) is 26.4 Å². The molecule has 3 fully saturated rings. The number of epoxide rings is 2. The lowest BCUT2D eigenvalue weighted by Gasteiger charge is -2.47. The maximum Gasteiger partial charge on any atom is 0.426 e. The van der Waals surface area contributed by atoms with Gasteiger partial charge in [-0.05, 0) is 25.2 Å². The number of hydrogen-bond acceptors (Lipinski definition) is 4. The van der Waals surface area contributed by atoms with E-state index in [1.54, 1.807) is 0 Å². The van der Waals surface area contributed by atoms with Gasteiger partial charge in [0.1, 0.15) is 12.2 Å². The van der Waals surface area contributed by atoms with Gasteiger partial charge in [-0.25, -0.2) is 0 Å². The van der Waals surface area contributed by atoms with Gasteiger partial charge in [0.15, 0.2) is 0 Å².